The molecule has 2 heterocycles. The molecule has 0 aliphatic heterocycles. The van der Waals surface area contributed by atoms with Crippen molar-refractivity contribution in [3.63, 3.8) is 0 Å². The number of nitro groups is 1. The average Bonchev–Trinajstić information content (AvgIpc) is 3.22. The summed E-state index contributed by atoms with van der Waals surface area (Å²) >= 11 is 1.32. The molecule has 158 valence electrons. The highest BCUT2D eigenvalue weighted by Crippen LogP contribution is 2.26. The fourth-order valence-corrected chi connectivity index (χ4v) is 3.69. The molecule has 12 heteroatoms. The molecule has 1 aromatic carbocycles. The van der Waals surface area contributed by atoms with Gasteiger partial charge in [-0.2, -0.15) is 14.9 Å². The number of aryl methyl sites for hydroxylation is 2. The van der Waals surface area contributed by atoms with Crippen LogP contribution in [0.3, 0.4) is 0 Å². The zero-order valence-corrected chi connectivity index (χ0v) is 18.0. The Morgan fingerprint density at radius 1 is 1.23 bits per heavy atom. The molecule has 0 aliphatic carbocycles. The molecule has 0 saturated heterocycles. The highest BCUT2D eigenvalue weighted by atomic mass is 32.2. The maximum atomic E-state index is 11.2. The molecule has 0 saturated carbocycles. The van der Waals surface area contributed by atoms with E-state index in [2.05, 4.69) is 20.4 Å². The molecule has 0 radical (unpaired) electrons. The average molecular weight is 431 g/mol. The Morgan fingerprint density at radius 3 is 2.63 bits per heavy atom. The first-order valence-electron chi connectivity index (χ1n) is 8.85. The molecule has 11 nitrogen and oxygen atoms in total. The van der Waals surface area contributed by atoms with Crippen molar-refractivity contribution in [1.82, 2.24) is 24.7 Å². The molecule has 0 atom stereocenters. The number of aromatic nitrogens is 5. The number of thioether (sulfide) groups is 1. The lowest BCUT2D eigenvalue weighted by molar-refractivity contribution is -0.386. The van der Waals surface area contributed by atoms with Crippen molar-refractivity contribution in [2.75, 3.05) is 14.2 Å². The lowest BCUT2D eigenvalue weighted by atomic mass is 10.2. The number of benzene rings is 1. The van der Waals surface area contributed by atoms with Crippen molar-refractivity contribution in [1.29, 1.82) is 0 Å². The van der Waals surface area contributed by atoms with E-state index in [1.165, 1.54) is 11.8 Å². The predicted molar refractivity (Wildman–Crippen MR) is 112 cm³/mol. The lowest BCUT2D eigenvalue weighted by Gasteiger charge is -2.07. The van der Waals surface area contributed by atoms with Gasteiger partial charge in [0, 0.05) is 11.6 Å². The summed E-state index contributed by atoms with van der Waals surface area (Å²) in [5.41, 5.74) is 1.65. The minimum Gasteiger partial charge on any atom is -0.497 e. The first-order valence-corrected chi connectivity index (χ1v) is 9.83. The molecule has 30 heavy (non-hydrogen) atoms. The summed E-state index contributed by atoms with van der Waals surface area (Å²) in [5.74, 6) is 2.23. The second-order valence-corrected chi connectivity index (χ2v) is 7.16. The van der Waals surface area contributed by atoms with Gasteiger partial charge in [0.2, 0.25) is 5.16 Å². The maximum absolute atomic E-state index is 11.2. The number of ether oxygens (including phenoxy) is 2. The minimum absolute atomic E-state index is 0.0258. The van der Waals surface area contributed by atoms with Gasteiger partial charge in [-0.05, 0) is 32.9 Å². The third kappa shape index (κ3) is 4.27. The molecular weight excluding hydrogens is 410 g/mol. The van der Waals surface area contributed by atoms with E-state index in [-0.39, 0.29) is 5.69 Å². The predicted octanol–water partition coefficient (Wildman–Crippen LogP) is 2.96. The van der Waals surface area contributed by atoms with Crippen LogP contribution in [0.25, 0.3) is 0 Å². The van der Waals surface area contributed by atoms with Crippen molar-refractivity contribution in [3.8, 4) is 11.5 Å². The zero-order valence-electron chi connectivity index (χ0n) is 17.2. The van der Waals surface area contributed by atoms with Crippen molar-refractivity contribution >= 4 is 23.7 Å². The van der Waals surface area contributed by atoms with Gasteiger partial charge in [0.1, 0.15) is 22.9 Å². The summed E-state index contributed by atoms with van der Waals surface area (Å²) in [6.07, 6.45) is 1.65. The van der Waals surface area contributed by atoms with Gasteiger partial charge >= 0.3 is 5.69 Å². The molecule has 0 amide bonds. The molecule has 0 fully saturated rings. The molecule has 0 N–H and O–H groups in total. The molecule has 3 rings (SSSR count). The summed E-state index contributed by atoms with van der Waals surface area (Å²) in [5, 5.41) is 28.7. The topological polar surface area (TPSA) is 122 Å². The quantitative estimate of drug-likeness (QED) is 0.231. The van der Waals surface area contributed by atoms with E-state index in [0.29, 0.717) is 39.7 Å². The fraction of sp³-hybridized carbons (Fsp3) is 0.333. The number of rotatable bonds is 8. The molecular formula is C18H21N7O4S. The van der Waals surface area contributed by atoms with Crippen molar-refractivity contribution in [2.24, 2.45) is 5.10 Å². The number of nitrogens with zero attached hydrogens (tertiary/aromatic N) is 7. The van der Waals surface area contributed by atoms with Crippen LogP contribution in [0.5, 0.6) is 11.5 Å². The Labute approximate surface area is 176 Å². The second-order valence-electron chi connectivity index (χ2n) is 6.24. The van der Waals surface area contributed by atoms with Gasteiger partial charge in [-0.15, -0.1) is 10.2 Å². The summed E-state index contributed by atoms with van der Waals surface area (Å²) in [7, 11) is 3.16. The van der Waals surface area contributed by atoms with Crippen LogP contribution in [0.4, 0.5) is 5.69 Å². The van der Waals surface area contributed by atoms with Crippen molar-refractivity contribution in [2.45, 2.75) is 31.8 Å². The molecule has 3 aromatic rings. The van der Waals surface area contributed by atoms with Gasteiger partial charge in [-0.3, -0.25) is 14.8 Å². The van der Waals surface area contributed by atoms with Crippen molar-refractivity contribution in [3.05, 3.63) is 51.1 Å². The number of hydrogen-bond acceptors (Lipinski definition) is 9. The Hall–Kier alpha value is -3.41. The van der Waals surface area contributed by atoms with Crippen LogP contribution in [0.1, 0.15) is 22.8 Å². The molecule has 0 spiro atoms. The van der Waals surface area contributed by atoms with Crippen LogP contribution in [0.15, 0.2) is 28.5 Å². The Balaban J connectivity index is 1.82. The first kappa shape index (κ1) is 21.3. The SMILES string of the molecule is COc1ccc(C=Nn2c(C)nnc2SCn2nc(C)c([N+](=O)[O-])c2C)c(OC)c1. The van der Waals surface area contributed by atoms with E-state index in [9.17, 15) is 10.1 Å². The third-order valence-electron chi connectivity index (χ3n) is 4.36. The number of methoxy groups -OCH3 is 2. The maximum Gasteiger partial charge on any atom is 0.312 e. The minimum atomic E-state index is -0.419. The van der Waals surface area contributed by atoms with Crippen LogP contribution in [0, 0.1) is 30.9 Å². The van der Waals surface area contributed by atoms with Crippen LogP contribution in [0.2, 0.25) is 0 Å². The Morgan fingerprint density at radius 2 is 2.00 bits per heavy atom. The third-order valence-corrected chi connectivity index (χ3v) is 5.25. The molecule has 0 unspecified atom stereocenters. The van der Waals surface area contributed by atoms with Gasteiger partial charge in [-0.1, -0.05) is 11.8 Å². The van der Waals surface area contributed by atoms with Crippen molar-refractivity contribution < 1.29 is 14.4 Å². The number of hydrogen-bond donors (Lipinski definition) is 0. The second kappa shape index (κ2) is 8.95. The normalized spacial score (nSPS) is 11.2. The van der Waals surface area contributed by atoms with Crippen LogP contribution in [-0.2, 0) is 5.88 Å². The van der Waals surface area contributed by atoms with E-state index in [1.807, 2.05) is 12.1 Å². The molecule has 0 aliphatic rings. The Bertz CT molecular complexity index is 1110. The van der Waals surface area contributed by atoms with E-state index >= 15 is 0 Å². The summed E-state index contributed by atoms with van der Waals surface area (Å²) in [4.78, 5) is 10.8. The van der Waals surface area contributed by atoms with E-state index in [1.54, 1.807) is 56.6 Å². The molecule has 0 bridgehead atoms. The summed E-state index contributed by atoms with van der Waals surface area (Å²) < 4.78 is 13.8. The molecule has 2 aromatic heterocycles. The fourth-order valence-electron chi connectivity index (χ4n) is 2.80. The van der Waals surface area contributed by atoms with Crippen LogP contribution < -0.4 is 9.47 Å². The highest BCUT2D eigenvalue weighted by molar-refractivity contribution is 7.98. The summed E-state index contributed by atoms with van der Waals surface area (Å²) in [6.45, 7) is 5.07. The van der Waals surface area contributed by atoms with Gasteiger partial charge < -0.3 is 9.47 Å². The van der Waals surface area contributed by atoms with E-state index in [0.717, 1.165) is 5.56 Å². The van der Waals surface area contributed by atoms with Crippen LogP contribution in [-0.4, -0.2) is 50.0 Å². The van der Waals surface area contributed by atoms with E-state index < -0.39 is 4.92 Å². The monoisotopic (exact) mass is 431 g/mol. The van der Waals surface area contributed by atoms with Gasteiger partial charge in [-0.25, -0.2) is 0 Å². The highest BCUT2D eigenvalue weighted by Gasteiger charge is 2.22. The first-order chi connectivity index (χ1) is 14.3. The van der Waals surface area contributed by atoms with Gasteiger partial charge in [0.15, 0.2) is 5.82 Å². The van der Waals surface area contributed by atoms with Gasteiger partial charge in [0.25, 0.3) is 0 Å². The lowest BCUT2D eigenvalue weighted by Crippen LogP contribution is -2.03. The van der Waals surface area contributed by atoms with Gasteiger partial charge in [0.05, 0.1) is 31.2 Å². The zero-order chi connectivity index (χ0) is 21.8. The van der Waals surface area contributed by atoms with Crippen LogP contribution >= 0.6 is 11.8 Å². The largest absolute Gasteiger partial charge is 0.497 e. The smallest absolute Gasteiger partial charge is 0.312 e. The van der Waals surface area contributed by atoms with E-state index in [4.69, 9.17) is 9.47 Å². The summed E-state index contributed by atoms with van der Waals surface area (Å²) in [6, 6.07) is 5.42. The Kier molecular flexibility index (Phi) is 6.35. The standard InChI is InChI=1S/C18H21N7O4S/c1-11-17(25(26)27)12(2)23(22-11)10-30-18-21-20-13(3)24(18)19-9-14-6-7-15(28-4)8-16(14)29-5/h6-9H,10H2,1-5H3.